The second-order valence-electron chi connectivity index (χ2n) is 1.99. The minimum absolute atomic E-state index is 0.300. The van der Waals surface area contributed by atoms with Crippen molar-refractivity contribution in [3.05, 3.63) is 11.3 Å². The van der Waals surface area contributed by atoms with Crippen molar-refractivity contribution in [2.75, 3.05) is 7.11 Å². The summed E-state index contributed by atoms with van der Waals surface area (Å²) < 4.78 is 4.80. The van der Waals surface area contributed by atoms with E-state index in [1.54, 1.807) is 6.92 Å². The quantitative estimate of drug-likeness (QED) is 0.684. The van der Waals surface area contributed by atoms with Crippen LogP contribution in [-0.2, 0) is 0 Å². The average molecular weight is 175 g/mol. The molecule has 0 saturated carbocycles. The summed E-state index contributed by atoms with van der Waals surface area (Å²) in [5, 5.41) is 5.72. The molecular formula is C6H7ClN2O2. The fraction of sp³-hybridized carbons (Fsp3) is 0.333. The van der Waals surface area contributed by atoms with Crippen LogP contribution in [0.2, 0.25) is 0 Å². The molecule has 60 valence electrons. The SMILES string of the molecule is COc1[nH]nc(C)c1C(=O)Cl. The van der Waals surface area contributed by atoms with Gasteiger partial charge in [0.25, 0.3) is 5.24 Å². The van der Waals surface area contributed by atoms with E-state index in [1.165, 1.54) is 7.11 Å². The van der Waals surface area contributed by atoms with Crippen molar-refractivity contribution in [2.24, 2.45) is 0 Å². The minimum Gasteiger partial charge on any atom is -0.481 e. The second-order valence-corrected chi connectivity index (χ2v) is 2.33. The molecule has 11 heavy (non-hydrogen) atoms. The molecule has 1 N–H and O–H groups in total. The molecule has 0 amide bonds. The van der Waals surface area contributed by atoms with Crippen LogP contribution in [0.3, 0.4) is 0 Å². The Kier molecular flexibility index (Phi) is 2.14. The zero-order chi connectivity index (χ0) is 8.43. The summed E-state index contributed by atoms with van der Waals surface area (Å²) >= 11 is 5.25. The third kappa shape index (κ3) is 1.35. The highest BCUT2D eigenvalue weighted by molar-refractivity contribution is 6.68. The van der Waals surface area contributed by atoms with Crippen molar-refractivity contribution in [2.45, 2.75) is 6.92 Å². The molecule has 0 aliphatic carbocycles. The van der Waals surface area contributed by atoms with Gasteiger partial charge in [-0.25, -0.2) is 5.10 Å². The van der Waals surface area contributed by atoms with E-state index in [1.807, 2.05) is 0 Å². The first kappa shape index (κ1) is 8.07. The van der Waals surface area contributed by atoms with Crippen LogP contribution in [0.5, 0.6) is 5.88 Å². The van der Waals surface area contributed by atoms with Gasteiger partial charge in [-0.05, 0) is 18.5 Å². The largest absolute Gasteiger partial charge is 0.481 e. The number of methoxy groups -OCH3 is 1. The number of nitrogens with one attached hydrogen (secondary N) is 1. The number of H-pyrrole nitrogens is 1. The Morgan fingerprint density at radius 3 is 2.73 bits per heavy atom. The predicted molar refractivity (Wildman–Crippen MR) is 40.1 cm³/mol. The first-order valence-electron chi connectivity index (χ1n) is 2.95. The summed E-state index contributed by atoms with van der Waals surface area (Å²) in [6.07, 6.45) is 0. The topological polar surface area (TPSA) is 55.0 Å². The molecule has 0 aliphatic rings. The number of carbonyl (C=O) groups excluding carboxylic acids is 1. The van der Waals surface area contributed by atoms with Crippen LogP contribution in [-0.4, -0.2) is 22.5 Å². The van der Waals surface area contributed by atoms with Gasteiger partial charge in [-0.15, -0.1) is 0 Å². The van der Waals surface area contributed by atoms with Crippen LogP contribution in [0, 0.1) is 6.92 Å². The van der Waals surface area contributed by atoms with Crippen molar-refractivity contribution >= 4 is 16.8 Å². The number of aromatic nitrogens is 2. The number of hydrogen-bond acceptors (Lipinski definition) is 3. The van der Waals surface area contributed by atoms with E-state index >= 15 is 0 Å². The highest BCUT2D eigenvalue weighted by atomic mass is 35.5. The summed E-state index contributed by atoms with van der Waals surface area (Å²) in [4.78, 5) is 10.7. The number of aryl methyl sites for hydroxylation is 1. The molecule has 1 aromatic heterocycles. The molecule has 5 heteroatoms. The van der Waals surface area contributed by atoms with Crippen LogP contribution in [0.15, 0.2) is 0 Å². The van der Waals surface area contributed by atoms with Crippen molar-refractivity contribution in [1.29, 1.82) is 0 Å². The Hall–Kier alpha value is -1.03. The van der Waals surface area contributed by atoms with Gasteiger partial charge >= 0.3 is 0 Å². The van der Waals surface area contributed by atoms with Gasteiger partial charge in [0.15, 0.2) is 0 Å². The van der Waals surface area contributed by atoms with E-state index in [0.717, 1.165) is 0 Å². The normalized spacial score (nSPS) is 9.73. The molecule has 0 spiro atoms. The zero-order valence-electron chi connectivity index (χ0n) is 6.14. The Bertz CT molecular complexity index is 282. The third-order valence-corrected chi connectivity index (χ3v) is 1.50. The first-order valence-corrected chi connectivity index (χ1v) is 3.33. The van der Waals surface area contributed by atoms with Crippen LogP contribution >= 0.6 is 11.6 Å². The maximum absolute atomic E-state index is 10.7. The van der Waals surface area contributed by atoms with Crippen molar-refractivity contribution in [3.8, 4) is 5.88 Å². The predicted octanol–water partition coefficient (Wildman–Crippen LogP) is 1.11. The van der Waals surface area contributed by atoms with Crippen LogP contribution < -0.4 is 4.74 Å². The molecule has 0 radical (unpaired) electrons. The second kappa shape index (κ2) is 2.92. The number of rotatable bonds is 2. The molecule has 0 saturated heterocycles. The van der Waals surface area contributed by atoms with E-state index in [-0.39, 0.29) is 0 Å². The Balaban J connectivity index is 3.17. The summed E-state index contributed by atoms with van der Waals surface area (Å²) in [5.41, 5.74) is 0.844. The van der Waals surface area contributed by atoms with Crippen molar-refractivity contribution in [1.82, 2.24) is 10.2 Å². The highest BCUT2D eigenvalue weighted by Gasteiger charge is 2.15. The smallest absolute Gasteiger partial charge is 0.259 e. The number of hydrogen-bond donors (Lipinski definition) is 1. The summed E-state index contributed by atoms with van der Waals surface area (Å²) in [6.45, 7) is 1.68. The van der Waals surface area contributed by atoms with Gasteiger partial charge < -0.3 is 4.74 Å². The first-order chi connectivity index (χ1) is 5.16. The summed E-state index contributed by atoms with van der Waals surface area (Å²) in [6, 6.07) is 0. The van der Waals surface area contributed by atoms with Crippen LogP contribution in [0.1, 0.15) is 16.1 Å². The lowest BCUT2D eigenvalue weighted by molar-refractivity contribution is 0.107. The summed E-state index contributed by atoms with van der Waals surface area (Å²) in [7, 11) is 1.44. The lowest BCUT2D eigenvalue weighted by atomic mass is 10.3. The Morgan fingerprint density at radius 2 is 2.36 bits per heavy atom. The molecule has 0 fully saturated rings. The van der Waals surface area contributed by atoms with Gasteiger partial charge in [-0.3, -0.25) is 4.79 Å². The monoisotopic (exact) mass is 174 g/mol. The van der Waals surface area contributed by atoms with Crippen LogP contribution in [0.4, 0.5) is 0 Å². The van der Waals surface area contributed by atoms with Crippen molar-refractivity contribution < 1.29 is 9.53 Å². The molecule has 0 aliphatic heterocycles. The number of aromatic amines is 1. The molecule has 0 bridgehead atoms. The average Bonchev–Trinajstić information content (AvgIpc) is 2.30. The van der Waals surface area contributed by atoms with Gasteiger partial charge in [-0.2, -0.15) is 5.10 Å². The van der Waals surface area contributed by atoms with Crippen molar-refractivity contribution in [3.63, 3.8) is 0 Å². The number of halogens is 1. The highest BCUT2D eigenvalue weighted by Crippen LogP contribution is 2.19. The maximum atomic E-state index is 10.7. The van der Waals surface area contributed by atoms with Gasteiger partial charge in [0.05, 0.1) is 12.8 Å². The van der Waals surface area contributed by atoms with Gasteiger partial charge in [-0.1, -0.05) is 0 Å². The lowest BCUT2D eigenvalue weighted by Crippen LogP contribution is -1.93. The standard InChI is InChI=1S/C6H7ClN2O2/c1-3-4(5(7)10)6(11-2)9-8-3/h1-2H3,(H,8,9). The molecular weight excluding hydrogens is 168 g/mol. The molecule has 1 rings (SSSR count). The lowest BCUT2D eigenvalue weighted by Gasteiger charge is -1.94. The van der Waals surface area contributed by atoms with E-state index < -0.39 is 5.24 Å². The van der Waals surface area contributed by atoms with Gasteiger partial charge in [0, 0.05) is 0 Å². The zero-order valence-corrected chi connectivity index (χ0v) is 6.90. The minimum atomic E-state index is -0.562. The molecule has 1 aromatic rings. The number of ether oxygens (including phenoxy) is 1. The number of nitrogens with zero attached hydrogens (tertiary/aromatic N) is 1. The molecule has 4 nitrogen and oxygen atoms in total. The van der Waals surface area contributed by atoms with Gasteiger partial charge in [0.2, 0.25) is 5.88 Å². The molecule has 0 aromatic carbocycles. The van der Waals surface area contributed by atoms with Gasteiger partial charge in [0.1, 0.15) is 5.56 Å². The Labute approximate surface area is 68.5 Å². The molecule has 0 unspecified atom stereocenters. The number of carbonyl (C=O) groups is 1. The third-order valence-electron chi connectivity index (χ3n) is 1.31. The van der Waals surface area contributed by atoms with Crippen LogP contribution in [0.25, 0.3) is 0 Å². The van der Waals surface area contributed by atoms with E-state index in [4.69, 9.17) is 16.3 Å². The molecule has 0 atom stereocenters. The summed E-state index contributed by atoms with van der Waals surface area (Å²) in [5.74, 6) is 0.308. The van der Waals surface area contributed by atoms with E-state index in [0.29, 0.717) is 17.1 Å². The fourth-order valence-electron chi connectivity index (χ4n) is 0.790. The van der Waals surface area contributed by atoms with E-state index in [9.17, 15) is 4.79 Å². The van der Waals surface area contributed by atoms with E-state index in [2.05, 4.69) is 10.2 Å². The fourth-order valence-corrected chi connectivity index (χ4v) is 1.01. The maximum Gasteiger partial charge on any atom is 0.259 e. The Morgan fingerprint density at radius 1 is 1.73 bits per heavy atom. The molecule has 1 heterocycles.